The molecule has 0 aliphatic carbocycles. The lowest BCUT2D eigenvalue weighted by atomic mass is 10.0. The van der Waals surface area contributed by atoms with Crippen LogP contribution in [0.2, 0.25) is 0 Å². The van der Waals surface area contributed by atoms with Crippen LogP contribution in [0.25, 0.3) is 0 Å². The molecule has 1 unspecified atom stereocenters. The molecule has 0 bridgehead atoms. The third-order valence-corrected chi connectivity index (χ3v) is 4.89. The van der Waals surface area contributed by atoms with Crippen molar-refractivity contribution in [2.45, 2.75) is 78.2 Å². The second-order valence-electron chi connectivity index (χ2n) is 5.43. The van der Waals surface area contributed by atoms with E-state index in [-0.39, 0.29) is 0 Å². The van der Waals surface area contributed by atoms with Gasteiger partial charge in [0, 0.05) is 10.9 Å². The Kier molecular flexibility index (Phi) is 8.31. The Labute approximate surface area is 123 Å². The van der Waals surface area contributed by atoms with Gasteiger partial charge in [0.05, 0.1) is 10.7 Å². The summed E-state index contributed by atoms with van der Waals surface area (Å²) in [5.41, 5.74) is 1.21. The SMILES string of the molecule is CCCCCCCCCC(NC)c1sc(C)nc1C. The quantitative estimate of drug-likeness (QED) is 0.599. The first-order chi connectivity index (χ1) is 9.19. The summed E-state index contributed by atoms with van der Waals surface area (Å²) in [5.74, 6) is 0. The zero-order chi connectivity index (χ0) is 14.1. The van der Waals surface area contributed by atoms with Gasteiger partial charge in [-0.1, -0.05) is 51.9 Å². The number of aromatic nitrogens is 1. The predicted octanol–water partition coefficient (Wildman–Crippen LogP) is 5.16. The summed E-state index contributed by atoms with van der Waals surface area (Å²) >= 11 is 1.85. The molecule has 1 aromatic heterocycles. The van der Waals surface area contributed by atoms with Crippen LogP contribution < -0.4 is 5.32 Å². The zero-order valence-electron chi connectivity index (χ0n) is 13.1. The summed E-state index contributed by atoms with van der Waals surface area (Å²) in [6.07, 6.45) is 10.9. The van der Waals surface area contributed by atoms with Crippen molar-refractivity contribution in [2.75, 3.05) is 7.05 Å². The number of unbranched alkanes of at least 4 members (excludes halogenated alkanes) is 6. The van der Waals surface area contributed by atoms with Gasteiger partial charge in [0.25, 0.3) is 0 Å². The van der Waals surface area contributed by atoms with Gasteiger partial charge >= 0.3 is 0 Å². The number of hydrogen-bond donors (Lipinski definition) is 1. The van der Waals surface area contributed by atoms with Crippen LogP contribution in [0, 0.1) is 13.8 Å². The van der Waals surface area contributed by atoms with Crippen molar-refractivity contribution in [1.29, 1.82) is 0 Å². The standard InChI is InChI=1S/C16H30N2S/c1-5-6-7-8-9-10-11-12-15(17-4)16-13(2)18-14(3)19-16/h15,17H,5-12H2,1-4H3. The molecule has 0 aliphatic rings. The Morgan fingerprint density at radius 1 is 1.05 bits per heavy atom. The van der Waals surface area contributed by atoms with Gasteiger partial charge in [-0.2, -0.15) is 0 Å². The van der Waals surface area contributed by atoms with E-state index in [2.05, 4.69) is 38.1 Å². The molecule has 0 spiro atoms. The van der Waals surface area contributed by atoms with Crippen LogP contribution in [0.5, 0.6) is 0 Å². The maximum absolute atomic E-state index is 4.54. The van der Waals surface area contributed by atoms with Gasteiger partial charge in [-0.3, -0.25) is 0 Å². The van der Waals surface area contributed by atoms with Crippen molar-refractivity contribution in [3.8, 4) is 0 Å². The molecule has 110 valence electrons. The van der Waals surface area contributed by atoms with Gasteiger partial charge < -0.3 is 5.32 Å². The van der Waals surface area contributed by atoms with Crippen LogP contribution in [-0.4, -0.2) is 12.0 Å². The van der Waals surface area contributed by atoms with Gasteiger partial charge in [0.2, 0.25) is 0 Å². The zero-order valence-corrected chi connectivity index (χ0v) is 13.9. The lowest BCUT2D eigenvalue weighted by Crippen LogP contribution is -2.16. The van der Waals surface area contributed by atoms with Crippen LogP contribution in [0.1, 0.15) is 79.9 Å². The van der Waals surface area contributed by atoms with E-state index in [0.29, 0.717) is 6.04 Å². The first-order valence-corrected chi connectivity index (χ1v) is 8.61. The van der Waals surface area contributed by atoms with E-state index in [0.717, 1.165) is 0 Å². The average molecular weight is 282 g/mol. The van der Waals surface area contributed by atoms with E-state index >= 15 is 0 Å². The molecule has 2 nitrogen and oxygen atoms in total. The molecule has 0 fully saturated rings. The van der Waals surface area contributed by atoms with E-state index in [1.54, 1.807) is 0 Å². The number of aryl methyl sites for hydroxylation is 2. The van der Waals surface area contributed by atoms with Crippen LogP contribution in [0.4, 0.5) is 0 Å². The maximum Gasteiger partial charge on any atom is 0.0900 e. The third kappa shape index (κ3) is 6.05. The predicted molar refractivity (Wildman–Crippen MR) is 86.0 cm³/mol. The van der Waals surface area contributed by atoms with Gasteiger partial charge in [0.1, 0.15) is 0 Å². The lowest BCUT2D eigenvalue weighted by Gasteiger charge is -2.15. The molecular formula is C16H30N2S. The van der Waals surface area contributed by atoms with E-state index in [9.17, 15) is 0 Å². The number of nitrogens with one attached hydrogen (secondary N) is 1. The van der Waals surface area contributed by atoms with E-state index < -0.39 is 0 Å². The minimum absolute atomic E-state index is 0.502. The molecule has 0 saturated heterocycles. The molecule has 1 heterocycles. The molecular weight excluding hydrogens is 252 g/mol. The fraction of sp³-hybridized carbons (Fsp3) is 0.812. The molecule has 0 aliphatic heterocycles. The summed E-state index contributed by atoms with van der Waals surface area (Å²) in [6.45, 7) is 6.51. The fourth-order valence-corrected chi connectivity index (χ4v) is 3.65. The Balaban J connectivity index is 2.24. The van der Waals surface area contributed by atoms with Gasteiger partial charge in [0.15, 0.2) is 0 Å². The number of hydrogen-bond acceptors (Lipinski definition) is 3. The minimum Gasteiger partial charge on any atom is -0.312 e. The molecule has 1 N–H and O–H groups in total. The van der Waals surface area contributed by atoms with Crippen molar-refractivity contribution in [3.05, 3.63) is 15.6 Å². The van der Waals surface area contributed by atoms with Gasteiger partial charge in [-0.05, 0) is 27.3 Å². The smallest absolute Gasteiger partial charge is 0.0900 e. The summed E-state index contributed by atoms with van der Waals surface area (Å²) in [6, 6.07) is 0.502. The molecule has 3 heteroatoms. The van der Waals surface area contributed by atoms with Gasteiger partial charge in [-0.25, -0.2) is 4.98 Å². The topological polar surface area (TPSA) is 24.9 Å². The highest BCUT2D eigenvalue weighted by molar-refractivity contribution is 7.11. The second-order valence-corrected chi connectivity index (χ2v) is 6.67. The van der Waals surface area contributed by atoms with Crippen LogP contribution in [0.3, 0.4) is 0 Å². The monoisotopic (exact) mass is 282 g/mol. The molecule has 0 radical (unpaired) electrons. The van der Waals surface area contributed by atoms with Crippen LogP contribution >= 0.6 is 11.3 Å². The van der Waals surface area contributed by atoms with E-state index in [4.69, 9.17) is 0 Å². The maximum atomic E-state index is 4.54. The largest absolute Gasteiger partial charge is 0.312 e. The van der Waals surface area contributed by atoms with E-state index in [1.165, 1.54) is 66.9 Å². The molecule has 0 amide bonds. The van der Waals surface area contributed by atoms with E-state index in [1.807, 2.05) is 11.3 Å². The Morgan fingerprint density at radius 3 is 2.21 bits per heavy atom. The minimum atomic E-state index is 0.502. The molecule has 1 aromatic rings. The van der Waals surface area contributed by atoms with Crippen LogP contribution in [0.15, 0.2) is 0 Å². The Morgan fingerprint density at radius 2 is 1.68 bits per heavy atom. The first kappa shape index (κ1) is 16.6. The summed E-state index contributed by atoms with van der Waals surface area (Å²) in [4.78, 5) is 5.97. The van der Waals surface area contributed by atoms with Crippen LogP contribution in [-0.2, 0) is 0 Å². The highest BCUT2D eigenvalue weighted by Crippen LogP contribution is 2.28. The summed E-state index contributed by atoms with van der Waals surface area (Å²) < 4.78 is 0. The van der Waals surface area contributed by atoms with Crippen molar-refractivity contribution < 1.29 is 0 Å². The Hall–Kier alpha value is -0.410. The molecule has 19 heavy (non-hydrogen) atoms. The highest BCUT2D eigenvalue weighted by Gasteiger charge is 2.15. The number of thiazole rings is 1. The number of rotatable bonds is 10. The fourth-order valence-electron chi connectivity index (χ4n) is 2.58. The highest BCUT2D eigenvalue weighted by atomic mass is 32.1. The van der Waals surface area contributed by atoms with Crippen molar-refractivity contribution in [1.82, 2.24) is 10.3 Å². The summed E-state index contributed by atoms with van der Waals surface area (Å²) in [7, 11) is 2.07. The molecule has 1 rings (SSSR count). The third-order valence-electron chi connectivity index (χ3n) is 3.70. The molecule has 0 aromatic carbocycles. The Bertz CT molecular complexity index is 347. The number of nitrogens with zero attached hydrogens (tertiary/aromatic N) is 1. The molecule has 1 atom stereocenters. The van der Waals surface area contributed by atoms with Crippen molar-refractivity contribution in [2.24, 2.45) is 0 Å². The normalized spacial score (nSPS) is 12.8. The summed E-state index contributed by atoms with van der Waals surface area (Å²) in [5, 5.41) is 4.64. The van der Waals surface area contributed by atoms with Crippen molar-refractivity contribution in [3.63, 3.8) is 0 Å². The van der Waals surface area contributed by atoms with Gasteiger partial charge in [-0.15, -0.1) is 11.3 Å². The molecule has 0 saturated carbocycles. The second kappa shape index (κ2) is 9.49. The average Bonchev–Trinajstić information content (AvgIpc) is 2.72. The first-order valence-electron chi connectivity index (χ1n) is 7.80. The van der Waals surface area contributed by atoms with Crippen molar-refractivity contribution >= 4 is 11.3 Å². The lowest BCUT2D eigenvalue weighted by molar-refractivity contribution is 0.499.